The number of fused-ring (bicyclic) bond motifs is 1. The second-order valence-corrected chi connectivity index (χ2v) is 5.86. The highest BCUT2D eigenvalue weighted by Crippen LogP contribution is 2.30. The van der Waals surface area contributed by atoms with Crippen LogP contribution in [0.5, 0.6) is 5.75 Å². The summed E-state index contributed by atoms with van der Waals surface area (Å²) in [6.45, 7) is 3.98. The number of benzene rings is 1. The van der Waals surface area contributed by atoms with Crippen molar-refractivity contribution in [3.63, 3.8) is 0 Å². The third kappa shape index (κ3) is 1.91. The first-order valence-electron chi connectivity index (χ1n) is 6.22. The fraction of sp³-hybridized carbons (Fsp3) is 0.200. The van der Waals surface area contributed by atoms with E-state index in [0.717, 1.165) is 38.7 Å². The van der Waals surface area contributed by atoms with E-state index in [-0.39, 0.29) is 0 Å². The lowest BCUT2D eigenvalue weighted by Crippen LogP contribution is -1.92. The Labute approximate surface area is 120 Å². The van der Waals surface area contributed by atoms with Crippen LogP contribution in [0.3, 0.4) is 0 Å². The van der Waals surface area contributed by atoms with Gasteiger partial charge in [0, 0.05) is 16.6 Å². The molecule has 0 amide bonds. The summed E-state index contributed by atoms with van der Waals surface area (Å²) in [7, 11) is 1.65. The van der Waals surface area contributed by atoms with Crippen molar-refractivity contribution in [2.45, 2.75) is 13.8 Å². The maximum Gasteiger partial charge on any atom is 0.195 e. The van der Waals surface area contributed by atoms with Crippen molar-refractivity contribution < 1.29 is 9.53 Å². The number of aromatic nitrogens is 2. The highest BCUT2D eigenvalue weighted by molar-refractivity contribution is 7.17. The van der Waals surface area contributed by atoms with E-state index in [1.54, 1.807) is 18.4 Å². The van der Waals surface area contributed by atoms with Gasteiger partial charge in [-0.3, -0.25) is 9.20 Å². The monoisotopic (exact) mass is 286 g/mol. The first-order chi connectivity index (χ1) is 9.63. The molecule has 2 heterocycles. The molecule has 0 aliphatic rings. The van der Waals surface area contributed by atoms with Gasteiger partial charge in [-0.1, -0.05) is 0 Å². The van der Waals surface area contributed by atoms with Crippen LogP contribution in [0.4, 0.5) is 0 Å². The normalized spacial score (nSPS) is 10.9. The number of carbonyl (C=O) groups is 1. The number of carbonyl (C=O) groups excluding carboxylic acids is 1. The van der Waals surface area contributed by atoms with E-state index >= 15 is 0 Å². The third-order valence-corrected chi connectivity index (χ3v) is 4.16. The average Bonchev–Trinajstić information content (AvgIpc) is 2.94. The Hall–Kier alpha value is -2.14. The first-order valence-corrected chi connectivity index (χ1v) is 7.04. The van der Waals surface area contributed by atoms with Gasteiger partial charge >= 0.3 is 0 Å². The Kier molecular flexibility index (Phi) is 3.06. The number of nitrogens with zero attached hydrogens (tertiary/aromatic N) is 2. The van der Waals surface area contributed by atoms with Crippen molar-refractivity contribution in [3.8, 4) is 17.0 Å². The minimum Gasteiger partial charge on any atom is -0.496 e. The number of imidazole rings is 1. The van der Waals surface area contributed by atoms with Gasteiger partial charge in [-0.2, -0.15) is 0 Å². The highest BCUT2D eigenvalue weighted by Gasteiger charge is 2.16. The summed E-state index contributed by atoms with van der Waals surface area (Å²) >= 11 is 1.58. The fourth-order valence-electron chi connectivity index (χ4n) is 2.32. The molecule has 0 unspecified atom stereocenters. The van der Waals surface area contributed by atoms with Gasteiger partial charge in [0.1, 0.15) is 17.1 Å². The van der Waals surface area contributed by atoms with Crippen LogP contribution in [-0.4, -0.2) is 22.8 Å². The highest BCUT2D eigenvalue weighted by atomic mass is 32.1. The molecule has 0 saturated carbocycles. The van der Waals surface area contributed by atoms with Crippen molar-refractivity contribution >= 4 is 22.6 Å². The molecule has 0 bridgehead atoms. The van der Waals surface area contributed by atoms with E-state index < -0.39 is 0 Å². The quantitative estimate of drug-likeness (QED) is 0.692. The zero-order chi connectivity index (χ0) is 14.3. The topological polar surface area (TPSA) is 43.6 Å². The molecule has 0 radical (unpaired) electrons. The summed E-state index contributed by atoms with van der Waals surface area (Å²) in [5, 5.41) is 0. The molecular weight excluding hydrogens is 272 g/mol. The van der Waals surface area contributed by atoms with E-state index in [0.29, 0.717) is 5.69 Å². The van der Waals surface area contributed by atoms with E-state index in [1.807, 2.05) is 42.6 Å². The molecule has 102 valence electrons. The molecule has 0 N–H and O–H groups in total. The lowest BCUT2D eigenvalue weighted by molar-refractivity contribution is 0.111. The van der Waals surface area contributed by atoms with Crippen LogP contribution in [0.2, 0.25) is 0 Å². The molecule has 0 saturated heterocycles. The largest absolute Gasteiger partial charge is 0.496 e. The predicted molar refractivity (Wildman–Crippen MR) is 79.9 cm³/mol. The molecule has 3 aromatic rings. The minimum atomic E-state index is 0.592. The Morgan fingerprint density at radius 1 is 1.35 bits per heavy atom. The second-order valence-electron chi connectivity index (χ2n) is 4.64. The summed E-state index contributed by atoms with van der Waals surface area (Å²) in [6, 6.07) is 5.82. The molecule has 20 heavy (non-hydrogen) atoms. The van der Waals surface area contributed by atoms with Crippen LogP contribution in [-0.2, 0) is 0 Å². The molecule has 0 spiro atoms. The van der Waals surface area contributed by atoms with Gasteiger partial charge in [0.05, 0.1) is 7.11 Å². The van der Waals surface area contributed by atoms with Gasteiger partial charge in [0.25, 0.3) is 0 Å². The third-order valence-electron chi connectivity index (χ3n) is 3.26. The number of ether oxygens (including phenoxy) is 1. The first kappa shape index (κ1) is 12.9. The van der Waals surface area contributed by atoms with E-state index in [2.05, 4.69) is 4.98 Å². The van der Waals surface area contributed by atoms with Crippen molar-refractivity contribution in [1.82, 2.24) is 9.38 Å². The van der Waals surface area contributed by atoms with Gasteiger partial charge in [0.2, 0.25) is 0 Å². The van der Waals surface area contributed by atoms with Crippen LogP contribution in [0.15, 0.2) is 24.4 Å². The maximum atomic E-state index is 11.4. The molecule has 0 fully saturated rings. The van der Waals surface area contributed by atoms with Crippen LogP contribution in [0.1, 0.15) is 20.9 Å². The molecule has 0 aliphatic carbocycles. The number of rotatable bonds is 3. The number of hydrogen-bond acceptors (Lipinski definition) is 4. The Morgan fingerprint density at radius 3 is 2.80 bits per heavy atom. The number of hydrogen-bond donors (Lipinski definition) is 0. The summed E-state index contributed by atoms with van der Waals surface area (Å²) in [5.74, 6) is 0.832. The minimum absolute atomic E-state index is 0.592. The van der Waals surface area contributed by atoms with Crippen molar-refractivity contribution in [2.24, 2.45) is 0 Å². The van der Waals surface area contributed by atoms with Gasteiger partial charge in [-0.25, -0.2) is 4.98 Å². The second kappa shape index (κ2) is 4.76. The Balaban J connectivity index is 2.20. The van der Waals surface area contributed by atoms with Gasteiger partial charge in [-0.15, -0.1) is 11.3 Å². The van der Waals surface area contributed by atoms with Crippen LogP contribution in [0.25, 0.3) is 16.2 Å². The molecule has 3 rings (SSSR count). The van der Waals surface area contributed by atoms with Gasteiger partial charge in [0.15, 0.2) is 11.2 Å². The van der Waals surface area contributed by atoms with Gasteiger partial charge < -0.3 is 4.74 Å². The van der Waals surface area contributed by atoms with Crippen LogP contribution >= 0.6 is 11.3 Å². The standard InChI is InChI=1S/C15H14N2O2S/c1-9-6-11(4-5-13(9)19-3)14-12(8-18)17-7-10(2)20-15(17)16-14/h4-8H,1-3H3. The van der Waals surface area contributed by atoms with Crippen molar-refractivity contribution in [3.05, 3.63) is 40.5 Å². The summed E-state index contributed by atoms with van der Waals surface area (Å²) in [4.78, 5) is 18.0. The summed E-state index contributed by atoms with van der Waals surface area (Å²) < 4.78 is 7.11. The Morgan fingerprint density at radius 2 is 2.15 bits per heavy atom. The van der Waals surface area contributed by atoms with Gasteiger partial charge in [-0.05, 0) is 37.6 Å². The molecule has 1 aromatic carbocycles. The molecule has 0 aliphatic heterocycles. The van der Waals surface area contributed by atoms with Crippen molar-refractivity contribution in [1.29, 1.82) is 0 Å². The molecular formula is C15H14N2O2S. The summed E-state index contributed by atoms with van der Waals surface area (Å²) in [6.07, 6.45) is 2.80. The average molecular weight is 286 g/mol. The SMILES string of the molecule is COc1ccc(-c2nc3sc(C)cn3c2C=O)cc1C. The maximum absolute atomic E-state index is 11.4. The number of aryl methyl sites for hydroxylation is 2. The summed E-state index contributed by atoms with van der Waals surface area (Å²) in [5.41, 5.74) is 3.26. The lowest BCUT2D eigenvalue weighted by atomic mass is 10.1. The molecule has 5 heteroatoms. The predicted octanol–water partition coefficient (Wildman–Crippen LogP) is 3.50. The zero-order valence-electron chi connectivity index (χ0n) is 11.5. The Bertz CT molecular complexity index is 802. The van der Waals surface area contributed by atoms with E-state index in [9.17, 15) is 4.79 Å². The van der Waals surface area contributed by atoms with Crippen LogP contribution < -0.4 is 4.74 Å². The van der Waals surface area contributed by atoms with E-state index in [1.165, 1.54) is 0 Å². The lowest BCUT2D eigenvalue weighted by Gasteiger charge is -2.06. The van der Waals surface area contributed by atoms with E-state index in [4.69, 9.17) is 4.74 Å². The number of thiazole rings is 1. The number of methoxy groups -OCH3 is 1. The zero-order valence-corrected chi connectivity index (χ0v) is 12.3. The molecule has 2 aromatic heterocycles. The number of aldehydes is 1. The van der Waals surface area contributed by atoms with Crippen molar-refractivity contribution in [2.75, 3.05) is 7.11 Å². The smallest absolute Gasteiger partial charge is 0.195 e. The fourth-order valence-corrected chi connectivity index (χ4v) is 3.16. The van der Waals surface area contributed by atoms with Crippen LogP contribution in [0, 0.1) is 13.8 Å². The molecule has 0 atom stereocenters. The molecule has 4 nitrogen and oxygen atoms in total.